The van der Waals surface area contributed by atoms with Gasteiger partial charge in [-0.3, -0.25) is 4.79 Å². The van der Waals surface area contributed by atoms with Crippen LogP contribution in [-0.4, -0.2) is 31.1 Å². The van der Waals surface area contributed by atoms with Crippen molar-refractivity contribution in [1.82, 2.24) is 9.29 Å². The zero-order chi connectivity index (χ0) is 20.6. The summed E-state index contributed by atoms with van der Waals surface area (Å²) >= 11 is 0. The van der Waals surface area contributed by atoms with Crippen LogP contribution in [0, 0.1) is 12.7 Å². The summed E-state index contributed by atoms with van der Waals surface area (Å²) in [7, 11) is -3.11. The Balaban J connectivity index is 2.24. The maximum atomic E-state index is 13.3. The number of amides is 1. The third-order valence-electron chi connectivity index (χ3n) is 3.76. The maximum Gasteiger partial charge on any atom is 0.404 e. The Morgan fingerprint density at radius 1 is 1.22 bits per heavy atom. The molecule has 0 spiro atoms. The van der Waals surface area contributed by atoms with E-state index in [-0.39, 0.29) is 11.4 Å². The molecule has 27 heavy (non-hydrogen) atoms. The Morgan fingerprint density at radius 3 is 2.41 bits per heavy atom. The van der Waals surface area contributed by atoms with Crippen molar-refractivity contribution in [3.63, 3.8) is 0 Å². The first-order valence-electron chi connectivity index (χ1n) is 7.64. The number of benzene rings is 1. The van der Waals surface area contributed by atoms with Gasteiger partial charge in [-0.05, 0) is 43.7 Å². The van der Waals surface area contributed by atoms with Crippen molar-refractivity contribution in [3.05, 3.63) is 47.5 Å². The Morgan fingerprint density at radius 2 is 1.85 bits per heavy atom. The van der Waals surface area contributed by atoms with Crippen molar-refractivity contribution in [2.24, 2.45) is 7.05 Å². The average Bonchev–Trinajstić information content (AvgIpc) is 2.92. The van der Waals surface area contributed by atoms with E-state index in [1.54, 1.807) is 0 Å². The van der Waals surface area contributed by atoms with Crippen LogP contribution in [0.15, 0.2) is 35.4 Å². The first-order valence-corrected chi connectivity index (χ1v) is 9.12. The van der Waals surface area contributed by atoms with E-state index in [4.69, 9.17) is 0 Å². The Hall–Kier alpha value is -2.40. The van der Waals surface area contributed by atoms with Crippen LogP contribution in [0.3, 0.4) is 0 Å². The molecule has 0 radical (unpaired) electrons. The number of anilines is 1. The van der Waals surface area contributed by atoms with Crippen LogP contribution in [0.1, 0.15) is 23.0 Å². The molecule has 0 saturated heterocycles. The molecule has 11 heteroatoms. The van der Waals surface area contributed by atoms with Gasteiger partial charge in [-0.15, -0.1) is 0 Å². The van der Waals surface area contributed by atoms with Gasteiger partial charge in [0.2, 0.25) is 10.0 Å². The first-order chi connectivity index (χ1) is 12.3. The SMILES string of the molecule is Cc1cc(NC(=O)c2cc(S(=O)(=O)NC(C)C(F)(F)F)cn2C)ccc1F. The third kappa shape index (κ3) is 4.86. The fourth-order valence-corrected chi connectivity index (χ4v) is 3.49. The van der Waals surface area contributed by atoms with Gasteiger partial charge < -0.3 is 9.88 Å². The van der Waals surface area contributed by atoms with Gasteiger partial charge in [-0.2, -0.15) is 17.9 Å². The van der Waals surface area contributed by atoms with Crippen molar-refractivity contribution in [2.75, 3.05) is 5.32 Å². The normalized spacial score (nSPS) is 13.4. The van der Waals surface area contributed by atoms with E-state index in [0.29, 0.717) is 12.5 Å². The number of hydrogen-bond donors (Lipinski definition) is 2. The van der Waals surface area contributed by atoms with E-state index in [9.17, 15) is 30.8 Å². The Kier molecular flexibility index (Phi) is 5.66. The van der Waals surface area contributed by atoms with Crippen LogP contribution in [0.25, 0.3) is 0 Å². The summed E-state index contributed by atoms with van der Waals surface area (Å²) in [6.07, 6.45) is -3.72. The highest BCUT2D eigenvalue weighted by atomic mass is 32.2. The highest BCUT2D eigenvalue weighted by molar-refractivity contribution is 7.89. The minimum Gasteiger partial charge on any atom is -0.345 e. The summed E-state index contributed by atoms with van der Waals surface area (Å²) < 4.78 is 78.0. The second-order valence-corrected chi connectivity index (χ2v) is 7.69. The van der Waals surface area contributed by atoms with Gasteiger partial charge in [0.1, 0.15) is 22.4 Å². The molecule has 148 valence electrons. The molecule has 1 atom stereocenters. The van der Waals surface area contributed by atoms with Crippen molar-refractivity contribution in [3.8, 4) is 0 Å². The molecule has 2 aromatic rings. The number of aryl methyl sites for hydroxylation is 2. The molecule has 0 aliphatic rings. The van der Waals surface area contributed by atoms with Gasteiger partial charge in [0.05, 0.1) is 0 Å². The molecule has 1 aromatic heterocycles. The molecule has 0 fully saturated rings. The minimum absolute atomic E-state index is 0.1000. The van der Waals surface area contributed by atoms with Crippen molar-refractivity contribution >= 4 is 21.6 Å². The average molecular weight is 407 g/mol. The summed E-state index contributed by atoms with van der Waals surface area (Å²) in [6, 6.07) is 2.54. The minimum atomic E-state index is -4.75. The van der Waals surface area contributed by atoms with Gasteiger partial charge in [0.25, 0.3) is 5.91 Å². The molecule has 0 aliphatic heterocycles. The number of nitrogens with one attached hydrogen (secondary N) is 2. The number of carbonyl (C=O) groups excluding carboxylic acids is 1. The number of carbonyl (C=O) groups is 1. The van der Waals surface area contributed by atoms with E-state index in [1.165, 1.54) is 35.4 Å². The van der Waals surface area contributed by atoms with Crippen LogP contribution in [-0.2, 0) is 17.1 Å². The quantitative estimate of drug-likeness (QED) is 0.748. The van der Waals surface area contributed by atoms with Crippen LogP contribution in [0.4, 0.5) is 23.2 Å². The van der Waals surface area contributed by atoms with Crippen molar-refractivity contribution in [2.45, 2.75) is 31.0 Å². The summed E-state index contributed by atoms with van der Waals surface area (Å²) in [5.41, 5.74) is 0.485. The molecule has 1 unspecified atom stereocenters. The molecule has 0 aliphatic carbocycles. The number of hydrogen-bond acceptors (Lipinski definition) is 3. The number of aromatic nitrogens is 1. The summed E-state index contributed by atoms with van der Waals surface area (Å²) in [4.78, 5) is 11.8. The molecule has 1 aromatic carbocycles. The smallest absolute Gasteiger partial charge is 0.345 e. The van der Waals surface area contributed by atoms with E-state index in [2.05, 4.69) is 5.32 Å². The molecule has 0 bridgehead atoms. The lowest BCUT2D eigenvalue weighted by Crippen LogP contribution is -2.42. The van der Waals surface area contributed by atoms with E-state index in [0.717, 1.165) is 18.3 Å². The fourth-order valence-electron chi connectivity index (χ4n) is 2.19. The van der Waals surface area contributed by atoms with Gasteiger partial charge in [-0.25, -0.2) is 12.8 Å². The van der Waals surface area contributed by atoms with Crippen LogP contribution >= 0.6 is 0 Å². The number of halogens is 4. The summed E-state index contributed by atoms with van der Waals surface area (Å²) in [5.74, 6) is -1.15. The zero-order valence-corrected chi connectivity index (χ0v) is 15.4. The molecule has 2 rings (SSSR count). The Labute approximate surface area is 153 Å². The number of nitrogens with zero attached hydrogens (tertiary/aromatic N) is 1. The van der Waals surface area contributed by atoms with E-state index in [1.807, 2.05) is 0 Å². The highest BCUT2D eigenvalue weighted by Crippen LogP contribution is 2.23. The molecular weight excluding hydrogens is 390 g/mol. The topological polar surface area (TPSA) is 80.2 Å². The molecule has 6 nitrogen and oxygen atoms in total. The van der Waals surface area contributed by atoms with Crippen LogP contribution in [0.2, 0.25) is 0 Å². The lowest BCUT2D eigenvalue weighted by Gasteiger charge is -2.16. The lowest BCUT2D eigenvalue weighted by atomic mass is 10.2. The molecule has 1 heterocycles. The fraction of sp³-hybridized carbons (Fsp3) is 0.312. The first kappa shape index (κ1) is 20.9. The van der Waals surface area contributed by atoms with Gasteiger partial charge >= 0.3 is 6.18 Å². The Bertz CT molecular complexity index is 968. The predicted molar refractivity (Wildman–Crippen MR) is 90.3 cm³/mol. The summed E-state index contributed by atoms with van der Waals surface area (Å²) in [6.45, 7) is 2.18. The second kappa shape index (κ2) is 7.31. The largest absolute Gasteiger partial charge is 0.404 e. The molecule has 1 amide bonds. The number of rotatable bonds is 5. The standard InChI is InChI=1S/C16H17F4N3O3S/c1-9-6-11(4-5-13(9)17)21-15(24)14-7-12(8-23(14)3)27(25,26)22-10(2)16(18,19)20/h4-8,10,22H,1-3H3,(H,21,24). The van der Waals surface area contributed by atoms with Gasteiger partial charge in [-0.1, -0.05) is 0 Å². The van der Waals surface area contributed by atoms with Gasteiger partial charge in [0, 0.05) is 18.9 Å². The second-order valence-electron chi connectivity index (χ2n) is 5.97. The molecule has 2 N–H and O–H groups in total. The molecular formula is C16H17F4N3O3S. The predicted octanol–water partition coefficient (Wildman–Crippen LogP) is 2.95. The zero-order valence-electron chi connectivity index (χ0n) is 14.6. The van der Waals surface area contributed by atoms with Crippen molar-refractivity contribution in [1.29, 1.82) is 0 Å². The summed E-state index contributed by atoms with van der Waals surface area (Å²) in [5, 5.41) is 2.48. The molecule has 0 saturated carbocycles. The van der Waals surface area contributed by atoms with Crippen molar-refractivity contribution < 1.29 is 30.8 Å². The lowest BCUT2D eigenvalue weighted by molar-refractivity contribution is -0.147. The third-order valence-corrected chi connectivity index (χ3v) is 5.27. The van der Waals surface area contributed by atoms with E-state index >= 15 is 0 Å². The van der Waals surface area contributed by atoms with Gasteiger partial charge in [0.15, 0.2) is 0 Å². The maximum absolute atomic E-state index is 13.3. The van der Waals surface area contributed by atoms with Crippen LogP contribution in [0.5, 0.6) is 0 Å². The highest BCUT2D eigenvalue weighted by Gasteiger charge is 2.39. The van der Waals surface area contributed by atoms with Crippen LogP contribution < -0.4 is 10.0 Å². The number of alkyl halides is 3. The van der Waals surface area contributed by atoms with E-state index < -0.39 is 38.9 Å². The monoisotopic (exact) mass is 407 g/mol. The number of sulfonamides is 1.